The van der Waals surface area contributed by atoms with Crippen LogP contribution >= 0.6 is 0 Å². The van der Waals surface area contributed by atoms with E-state index in [0.29, 0.717) is 12.1 Å². The van der Waals surface area contributed by atoms with E-state index in [1.54, 1.807) is 24.3 Å². The van der Waals surface area contributed by atoms with Gasteiger partial charge in [-0.1, -0.05) is 25.1 Å². The van der Waals surface area contributed by atoms with Gasteiger partial charge in [0.05, 0.1) is 11.9 Å². The van der Waals surface area contributed by atoms with Crippen molar-refractivity contribution < 1.29 is 13.6 Å². The van der Waals surface area contributed by atoms with Crippen LogP contribution in [0, 0.1) is 5.82 Å². The minimum Gasteiger partial charge on any atom is -0.325 e. The Morgan fingerprint density at radius 3 is 2.69 bits per heavy atom. The molecule has 0 aliphatic carbocycles. The molecule has 1 fully saturated rings. The largest absolute Gasteiger partial charge is 0.325 e. The summed E-state index contributed by atoms with van der Waals surface area (Å²) in [7, 11) is 0. The van der Waals surface area contributed by atoms with Crippen LogP contribution in [0.1, 0.15) is 23.7 Å². The van der Waals surface area contributed by atoms with Crippen LogP contribution < -0.4 is 11.1 Å². The number of aromatic nitrogens is 1. The van der Waals surface area contributed by atoms with Crippen LogP contribution in [0.4, 0.5) is 14.5 Å². The Kier molecular flexibility index (Phi) is 7.62. The van der Waals surface area contributed by atoms with Crippen molar-refractivity contribution >= 4 is 11.6 Å². The first-order valence-electron chi connectivity index (χ1n) is 8.59. The molecule has 1 aliphatic rings. The van der Waals surface area contributed by atoms with Gasteiger partial charge in [0.2, 0.25) is 0 Å². The van der Waals surface area contributed by atoms with Crippen LogP contribution in [0.2, 0.25) is 0 Å². The van der Waals surface area contributed by atoms with Gasteiger partial charge in [-0.25, -0.2) is 8.78 Å². The molecule has 5 nitrogen and oxygen atoms in total. The van der Waals surface area contributed by atoms with Gasteiger partial charge in [-0.3, -0.25) is 9.78 Å². The molecular weight excluding hydrogens is 338 g/mol. The van der Waals surface area contributed by atoms with E-state index in [9.17, 15) is 13.6 Å². The van der Waals surface area contributed by atoms with Gasteiger partial charge < -0.3 is 16.0 Å². The summed E-state index contributed by atoms with van der Waals surface area (Å²) in [5.41, 5.74) is 6.11. The van der Waals surface area contributed by atoms with Crippen molar-refractivity contribution in [3.63, 3.8) is 0 Å². The molecule has 1 saturated heterocycles. The number of amides is 1. The fourth-order valence-electron chi connectivity index (χ4n) is 2.53. The summed E-state index contributed by atoms with van der Waals surface area (Å²) in [4.78, 5) is 17.4. The Balaban J connectivity index is 0.000000209. The minimum atomic E-state index is -0.811. The molecule has 0 bridgehead atoms. The first kappa shape index (κ1) is 19.9. The zero-order valence-corrected chi connectivity index (χ0v) is 14.7. The van der Waals surface area contributed by atoms with Crippen LogP contribution in [0.25, 0.3) is 0 Å². The zero-order valence-electron chi connectivity index (χ0n) is 14.7. The van der Waals surface area contributed by atoms with Gasteiger partial charge in [-0.2, -0.15) is 0 Å². The fourth-order valence-corrected chi connectivity index (χ4v) is 2.53. The highest BCUT2D eigenvalue weighted by molar-refractivity contribution is 6.04. The van der Waals surface area contributed by atoms with E-state index in [2.05, 4.69) is 15.2 Å². The molecule has 140 valence electrons. The number of alkyl halides is 1. The molecule has 0 unspecified atom stereocenters. The predicted octanol–water partition coefficient (Wildman–Crippen LogP) is 2.85. The van der Waals surface area contributed by atoms with Crippen molar-refractivity contribution in [2.75, 3.05) is 25.0 Å². The van der Waals surface area contributed by atoms with E-state index in [1.165, 1.54) is 12.3 Å². The molecule has 3 rings (SSSR count). The summed E-state index contributed by atoms with van der Waals surface area (Å²) >= 11 is 0. The lowest BCUT2D eigenvalue weighted by atomic mass is 10.0. The summed E-state index contributed by atoms with van der Waals surface area (Å²) in [6.45, 7) is 4.46. The van der Waals surface area contributed by atoms with E-state index in [1.807, 2.05) is 13.0 Å². The molecular formula is C19H24F2N4O. The molecule has 2 aromatic rings. The van der Waals surface area contributed by atoms with Crippen molar-refractivity contribution in [1.82, 2.24) is 9.88 Å². The molecule has 7 heteroatoms. The lowest BCUT2D eigenvalue weighted by Gasteiger charge is -2.31. The maximum absolute atomic E-state index is 13.2. The van der Waals surface area contributed by atoms with Gasteiger partial charge in [0.15, 0.2) is 5.82 Å². The number of nitrogens with zero attached hydrogens (tertiary/aromatic N) is 2. The quantitative estimate of drug-likeness (QED) is 0.881. The Bertz CT molecular complexity index is 699. The van der Waals surface area contributed by atoms with Crippen molar-refractivity contribution in [1.29, 1.82) is 0 Å². The zero-order chi connectivity index (χ0) is 18.9. The third kappa shape index (κ3) is 5.86. The number of benzene rings is 1. The van der Waals surface area contributed by atoms with Crippen LogP contribution in [0.5, 0.6) is 0 Å². The summed E-state index contributed by atoms with van der Waals surface area (Å²) < 4.78 is 26.0. The van der Waals surface area contributed by atoms with Crippen LogP contribution in [0.3, 0.4) is 0 Å². The van der Waals surface area contributed by atoms with E-state index < -0.39 is 12.0 Å². The van der Waals surface area contributed by atoms with Gasteiger partial charge in [0.25, 0.3) is 5.91 Å². The molecule has 2 atom stereocenters. The normalized spacial score (nSPS) is 20.0. The predicted molar refractivity (Wildman–Crippen MR) is 98.2 cm³/mol. The van der Waals surface area contributed by atoms with Gasteiger partial charge in [-0.05, 0) is 37.7 Å². The van der Waals surface area contributed by atoms with Crippen molar-refractivity contribution in [2.45, 2.75) is 25.6 Å². The maximum Gasteiger partial charge on any atom is 0.255 e. The molecule has 1 aromatic carbocycles. The third-order valence-corrected chi connectivity index (χ3v) is 4.18. The number of hydrogen-bond acceptors (Lipinski definition) is 4. The fraction of sp³-hybridized carbons (Fsp3) is 0.368. The third-order valence-electron chi connectivity index (χ3n) is 4.18. The number of rotatable bonds is 3. The number of nitrogens with one attached hydrogen (secondary N) is 1. The Morgan fingerprint density at radius 2 is 2.08 bits per heavy atom. The van der Waals surface area contributed by atoms with E-state index in [-0.39, 0.29) is 17.6 Å². The van der Waals surface area contributed by atoms with Gasteiger partial charge >= 0.3 is 0 Å². The van der Waals surface area contributed by atoms with Gasteiger partial charge in [-0.15, -0.1) is 0 Å². The summed E-state index contributed by atoms with van der Waals surface area (Å²) in [5, 5.41) is 2.47. The van der Waals surface area contributed by atoms with E-state index >= 15 is 0 Å². The molecule has 3 N–H and O–H groups in total. The molecule has 2 heterocycles. The van der Waals surface area contributed by atoms with E-state index in [0.717, 1.165) is 25.7 Å². The Hall–Kier alpha value is -2.38. The van der Waals surface area contributed by atoms with Gasteiger partial charge in [0, 0.05) is 24.3 Å². The lowest BCUT2D eigenvalue weighted by molar-refractivity contribution is 0.102. The molecule has 26 heavy (non-hydrogen) atoms. The summed E-state index contributed by atoms with van der Waals surface area (Å²) in [6, 6.07) is 9.82. The number of hydrogen-bond donors (Lipinski definition) is 2. The topological polar surface area (TPSA) is 71.2 Å². The number of pyridine rings is 1. The second kappa shape index (κ2) is 9.94. The van der Waals surface area contributed by atoms with Crippen LogP contribution in [-0.2, 0) is 0 Å². The summed E-state index contributed by atoms with van der Waals surface area (Å²) in [5.74, 6) is -0.891. The molecule has 1 amide bonds. The van der Waals surface area contributed by atoms with E-state index in [4.69, 9.17) is 5.73 Å². The van der Waals surface area contributed by atoms with Crippen LogP contribution in [-0.4, -0.2) is 47.6 Å². The number of halogens is 2. The molecule has 1 aliphatic heterocycles. The maximum atomic E-state index is 13.2. The van der Waals surface area contributed by atoms with Gasteiger partial charge in [0.1, 0.15) is 6.17 Å². The number of nitrogens with two attached hydrogens (primary N) is 1. The van der Waals surface area contributed by atoms with Crippen molar-refractivity contribution in [3.8, 4) is 0 Å². The highest BCUT2D eigenvalue weighted by Crippen LogP contribution is 2.12. The summed E-state index contributed by atoms with van der Waals surface area (Å²) in [6.07, 6.45) is 2.47. The Morgan fingerprint density at radius 1 is 1.35 bits per heavy atom. The number of carbonyl (C=O) groups is 1. The molecule has 1 aromatic heterocycles. The highest BCUT2D eigenvalue weighted by atomic mass is 19.1. The number of piperidine rings is 1. The van der Waals surface area contributed by atoms with Crippen molar-refractivity contribution in [3.05, 3.63) is 60.2 Å². The van der Waals surface area contributed by atoms with Crippen LogP contribution in [0.15, 0.2) is 48.8 Å². The lowest BCUT2D eigenvalue weighted by Crippen LogP contribution is -2.48. The second-order valence-corrected chi connectivity index (χ2v) is 6.04. The standard InChI is InChI=1S/C12H9FN2O.C7H15FN2/c13-10-8-14-7-6-11(10)15-12(16)9-4-2-1-3-5-9;1-2-10-4-3-7(9)6(8)5-10/h1-8H,(H,14,15,16);6-7H,2-5,9H2,1H3/t;6-,7+/m.0/s1. The SMILES string of the molecule is CCN1CC[C@@H](N)[C@@H](F)C1.O=C(Nc1ccncc1F)c1ccccc1. The number of anilines is 1. The average molecular weight is 362 g/mol. The molecule has 0 saturated carbocycles. The smallest absolute Gasteiger partial charge is 0.255 e. The molecule has 0 spiro atoms. The first-order valence-corrected chi connectivity index (χ1v) is 8.59. The number of likely N-dealkylation sites (tertiary alicyclic amines) is 1. The average Bonchev–Trinajstić information content (AvgIpc) is 2.67. The second-order valence-electron chi connectivity index (χ2n) is 6.04. The Labute approximate surface area is 152 Å². The van der Waals surface area contributed by atoms with Crippen molar-refractivity contribution in [2.24, 2.45) is 5.73 Å². The minimum absolute atomic E-state index is 0.129. The monoisotopic (exact) mass is 362 g/mol. The first-order chi connectivity index (χ1) is 12.5. The highest BCUT2D eigenvalue weighted by Gasteiger charge is 2.24. The molecule has 0 radical (unpaired) electrons. The number of carbonyl (C=O) groups excluding carboxylic acids is 1.